The smallest absolute Gasteiger partial charge is 0.156 e. The van der Waals surface area contributed by atoms with E-state index in [0.717, 1.165) is 27.3 Å². The lowest BCUT2D eigenvalue weighted by atomic mass is 10.1. The molecule has 144 valence electrons. The maximum atomic E-state index is 5.50. The van der Waals surface area contributed by atoms with Crippen LogP contribution in [0.25, 0.3) is 21.5 Å². The summed E-state index contributed by atoms with van der Waals surface area (Å²) in [4.78, 5) is 11.0. The monoisotopic (exact) mass is 396 g/mol. The van der Waals surface area contributed by atoms with Crippen LogP contribution in [0.4, 0.5) is 5.82 Å². The van der Waals surface area contributed by atoms with Gasteiger partial charge in [-0.2, -0.15) is 0 Å². The van der Waals surface area contributed by atoms with Gasteiger partial charge in [0.1, 0.15) is 34.2 Å². The Morgan fingerprint density at radius 1 is 1.11 bits per heavy atom. The van der Waals surface area contributed by atoms with E-state index in [0.29, 0.717) is 23.7 Å². The summed E-state index contributed by atoms with van der Waals surface area (Å²) < 4.78 is 16.2. The molecule has 7 nitrogen and oxygen atoms in total. The molecule has 0 aliphatic rings. The molecule has 1 N–H and O–H groups in total. The minimum Gasteiger partial charge on any atom is -0.497 e. The van der Waals surface area contributed by atoms with Crippen molar-refractivity contribution in [1.82, 2.24) is 15.1 Å². The van der Waals surface area contributed by atoms with E-state index in [9.17, 15) is 0 Å². The molecule has 1 aromatic carbocycles. The molecule has 0 bridgehead atoms. The van der Waals surface area contributed by atoms with Gasteiger partial charge in [-0.1, -0.05) is 5.16 Å². The number of benzene rings is 1. The fraction of sp³-hybridized carbons (Fsp3) is 0.250. The highest BCUT2D eigenvalue weighted by molar-refractivity contribution is 7.18. The van der Waals surface area contributed by atoms with Crippen LogP contribution in [0.15, 0.2) is 35.1 Å². The molecule has 0 fully saturated rings. The summed E-state index contributed by atoms with van der Waals surface area (Å²) in [6, 6.07) is 7.48. The van der Waals surface area contributed by atoms with E-state index < -0.39 is 0 Å². The molecule has 0 amide bonds. The Morgan fingerprint density at radius 2 is 1.96 bits per heavy atom. The number of nitrogens with one attached hydrogen (secondary N) is 1. The molecule has 3 heterocycles. The van der Waals surface area contributed by atoms with Crippen molar-refractivity contribution < 1.29 is 14.0 Å². The fourth-order valence-electron chi connectivity index (χ4n) is 3.02. The van der Waals surface area contributed by atoms with Crippen LogP contribution in [-0.4, -0.2) is 29.3 Å². The average Bonchev–Trinajstić information content (AvgIpc) is 3.30. The summed E-state index contributed by atoms with van der Waals surface area (Å²) in [7, 11) is 3.24. The zero-order valence-electron chi connectivity index (χ0n) is 16.1. The Hall–Kier alpha value is -3.13. The van der Waals surface area contributed by atoms with Crippen molar-refractivity contribution >= 4 is 27.4 Å². The number of rotatable bonds is 6. The van der Waals surface area contributed by atoms with Gasteiger partial charge in [0, 0.05) is 22.6 Å². The number of hydrogen-bond donors (Lipinski definition) is 1. The van der Waals surface area contributed by atoms with Gasteiger partial charge in [0.25, 0.3) is 0 Å². The molecule has 0 aliphatic heterocycles. The maximum absolute atomic E-state index is 5.50. The first-order valence-electron chi connectivity index (χ1n) is 8.73. The summed E-state index contributed by atoms with van der Waals surface area (Å²) in [6.45, 7) is 4.65. The maximum Gasteiger partial charge on any atom is 0.156 e. The van der Waals surface area contributed by atoms with E-state index in [-0.39, 0.29) is 0 Å². The van der Waals surface area contributed by atoms with Crippen LogP contribution in [0.2, 0.25) is 0 Å². The Morgan fingerprint density at radius 3 is 2.75 bits per heavy atom. The largest absolute Gasteiger partial charge is 0.497 e. The molecule has 0 saturated heterocycles. The van der Waals surface area contributed by atoms with Crippen molar-refractivity contribution in [2.75, 3.05) is 19.5 Å². The molecule has 0 atom stereocenters. The minimum atomic E-state index is 0.464. The highest BCUT2D eigenvalue weighted by Crippen LogP contribution is 2.34. The normalized spacial score (nSPS) is 11.0. The summed E-state index contributed by atoms with van der Waals surface area (Å²) in [5.41, 5.74) is 2.74. The lowest BCUT2D eigenvalue weighted by molar-refractivity contribution is 0.386. The molecule has 28 heavy (non-hydrogen) atoms. The van der Waals surface area contributed by atoms with Gasteiger partial charge in [-0.15, -0.1) is 11.3 Å². The first-order valence-corrected chi connectivity index (χ1v) is 9.55. The number of ether oxygens (including phenoxy) is 2. The molecule has 4 aromatic rings. The molecule has 0 aliphatic carbocycles. The van der Waals surface area contributed by atoms with Crippen LogP contribution in [0.3, 0.4) is 0 Å². The number of thiophene rings is 1. The predicted molar refractivity (Wildman–Crippen MR) is 109 cm³/mol. The molecular weight excluding hydrogens is 376 g/mol. The van der Waals surface area contributed by atoms with E-state index in [1.165, 1.54) is 10.4 Å². The number of anilines is 1. The van der Waals surface area contributed by atoms with Crippen LogP contribution in [0.5, 0.6) is 11.5 Å². The van der Waals surface area contributed by atoms with Crippen molar-refractivity contribution in [2.45, 2.75) is 20.4 Å². The van der Waals surface area contributed by atoms with Crippen LogP contribution in [-0.2, 0) is 6.54 Å². The van der Waals surface area contributed by atoms with Gasteiger partial charge in [-0.05, 0) is 31.5 Å². The number of aryl methyl sites for hydroxylation is 2. The van der Waals surface area contributed by atoms with Gasteiger partial charge >= 0.3 is 0 Å². The third-order valence-electron chi connectivity index (χ3n) is 4.64. The average molecular weight is 396 g/mol. The predicted octanol–water partition coefficient (Wildman–Crippen LogP) is 4.59. The lowest BCUT2D eigenvalue weighted by Gasteiger charge is -2.07. The van der Waals surface area contributed by atoms with Gasteiger partial charge < -0.3 is 19.3 Å². The Bertz CT molecular complexity index is 1140. The third-order valence-corrected chi connectivity index (χ3v) is 5.75. The summed E-state index contributed by atoms with van der Waals surface area (Å²) >= 11 is 1.67. The second kappa shape index (κ2) is 7.47. The van der Waals surface area contributed by atoms with Crippen LogP contribution < -0.4 is 14.8 Å². The zero-order chi connectivity index (χ0) is 19.7. The van der Waals surface area contributed by atoms with Gasteiger partial charge in [-0.25, -0.2) is 9.97 Å². The number of fused-ring (bicyclic) bond motifs is 1. The van der Waals surface area contributed by atoms with Crippen LogP contribution in [0, 0.1) is 13.8 Å². The molecular formula is C20H20N4O3S. The van der Waals surface area contributed by atoms with Crippen LogP contribution in [0.1, 0.15) is 16.2 Å². The van der Waals surface area contributed by atoms with Crippen molar-refractivity contribution in [3.05, 3.63) is 46.8 Å². The number of hydrogen-bond acceptors (Lipinski definition) is 8. The lowest BCUT2D eigenvalue weighted by Crippen LogP contribution is -2.01. The van der Waals surface area contributed by atoms with Crippen molar-refractivity contribution in [1.29, 1.82) is 0 Å². The van der Waals surface area contributed by atoms with E-state index in [4.69, 9.17) is 14.0 Å². The van der Waals surface area contributed by atoms with E-state index in [1.807, 2.05) is 24.3 Å². The Balaban J connectivity index is 1.57. The zero-order valence-corrected chi connectivity index (χ0v) is 16.9. The highest BCUT2D eigenvalue weighted by Gasteiger charge is 2.15. The molecule has 4 rings (SSSR count). The number of aromatic nitrogens is 3. The second-order valence-corrected chi connectivity index (χ2v) is 7.49. The quantitative estimate of drug-likeness (QED) is 0.510. The van der Waals surface area contributed by atoms with Crippen LogP contribution >= 0.6 is 11.3 Å². The molecule has 0 radical (unpaired) electrons. The molecule has 0 spiro atoms. The van der Waals surface area contributed by atoms with Gasteiger partial charge in [0.2, 0.25) is 0 Å². The standard InChI is InChI=1S/C20H20N4O3S/c1-11-12(2)28-20-18(11)19(22-10-23-20)21-9-14-7-16(24-27-14)15-6-5-13(25-3)8-17(15)26-4/h5-8,10H,9H2,1-4H3,(H,21,22,23). The van der Waals surface area contributed by atoms with Crippen molar-refractivity contribution in [3.8, 4) is 22.8 Å². The Labute approximate surface area is 166 Å². The third kappa shape index (κ3) is 3.27. The fourth-order valence-corrected chi connectivity index (χ4v) is 4.02. The van der Waals surface area contributed by atoms with E-state index in [1.54, 1.807) is 31.9 Å². The summed E-state index contributed by atoms with van der Waals surface area (Å²) in [5.74, 6) is 2.89. The van der Waals surface area contributed by atoms with Gasteiger partial charge in [-0.3, -0.25) is 0 Å². The molecule has 3 aromatic heterocycles. The first-order chi connectivity index (χ1) is 13.6. The molecule has 0 saturated carbocycles. The van der Waals surface area contributed by atoms with Crippen molar-refractivity contribution in [3.63, 3.8) is 0 Å². The van der Waals surface area contributed by atoms with Gasteiger partial charge in [0.05, 0.1) is 26.2 Å². The topological polar surface area (TPSA) is 82.3 Å². The SMILES string of the molecule is COc1ccc(-c2cc(CNc3ncnc4sc(C)c(C)c34)on2)c(OC)c1. The second-order valence-electron chi connectivity index (χ2n) is 6.28. The van der Waals surface area contributed by atoms with E-state index in [2.05, 4.69) is 34.3 Å². The first kappa shape index (κ1) is 18.2. The Kier molecular flexibility index (Phi) is 4.87. The summed E-state index contributed by atoms with van der Waals surface area (Å²) in [5, 5.41) is 8.58. The minimum absolute atomic E-state index is 0.464. The van der Waals surface area contributed by atoms with E-state index >= 15 is 0 Å². The number of nitrogens with zero attached hydrogens (tertiary/aromatic N) is 3. The molecule has 0 unspecified atom stereocenters. The molecule has 8 heteroatoms. The highest BCUT2D eigenvalue weighted by atomic mass is 32.1. The van der Waals surface area contributed by atoms with Crippen molar-refractivity contribution in [2.24, 2.45) is 0 Å². The van der Waals surface area contributed by atoms with Gasteiger partial charge in [0.15, 0.2) is 5.76 Å². The summed E-state index contributed by atoms with van der Waals surface area (Å²) in [6.07, 6.45) is 1.58. The number of methoxy groups -OCH3 is 2.